The van der Waals surface area contributed by atoms with Crippen LogP contribution in [0.4, 0.5) is 11.4 Å². The molecule has 3 aromatic rings. The highest BCUT2D eigenvalue weighted by Crippen LogP contribution is 2.20. The molecule has 0 aliphatic rings. The molecule has 3 aromatic carbocycles. The van der Waals surface area contributed by atoms with Gasteiger partial charge in [-0.2, -0.15) is 0 Å². The summed E-state index contributed by atoms with van der Waals surface area (Å²) >= 11 is 0. The molecule has 138 valence electrons. The standard InChI is InChI=1S/C24H26N2O/c1-19-14-16-20(17-15-19)24(27)23(26(3)22-12-8-5-9-13-22)18-25(2)21-10-6-4-7-11-21/h4-17,23H,18H2,1-3H3. The molecule has 0 saturated heterocycles. The molecule has 0 aromatic heterocycles. The average molecular weight is 358 g/mol. The fourth-order valence-electron chi connectivity index (χ4n) is 3.18. The first kappa shape index (κ1) is 18.7. The Morgan fingerprint density at radius 2 is 1.30 bits per heavy atom. The Balaban J connectivity index is 1.90. The van der Waals surface area contributed by atoms with Gasteiger partial charge in [-0.15, -0.1) is 0 Å². The zero-order chi connectivity index (χ0) is 19.2. The molecule has 3 rings (SSSR count). The van der Waals surface area contributed by atoms with Crippen molar-refractivity contribution in [2.45, 2.75) is 13.0 Å². The number of nitrogens with zero attached hydrogens (tertiary/aromatic N) is 2. The maximum Gasteiger partial charge on any atom is 0.187 e. The molecule has 0 heterocycles. The van der Waals surface area contributed by atoms with E-state index in [1.165, 1.54) is 0 Å². The number of Topliss-reactive ketones (excluding diaryl/α,β-unsaturated/α-hetero) is 1. The Morgan fingerprint density at radius 1 is 0.778 bits per heavy atom. The van der Waals surface area contributed by atoms with Gasteiger partial charge in [-0.25, -0.2) is 0 Å². The van der Waals surface area contributed by atoms with Gasteiger partial charge in [0, 0.05) is 37.6 Å². The quantitative estimate of drug-likeness (QED) is 0.566. The molecule has 0 saturated carbocycles. The van der Waals surface area contributed by atoms with E-state index in [9.17, 15) is 4.79 Å². The van der Waals surface area contributed by atoms with Crippen LogP contribution < -0.4 is 9.80 Å². The van der Waals surface area contributed by atoms with Crippen LogP contribution in [0, 0.1) is 6.92 Å². The largest absolute Gasteiger partial charge is 0.372 e. The second kappa shape index (κ2) is 8.54. The van der Waals surface area contributed by atoms with Crippen LogP contribution in [0.5, 0.6) is 0 Å². The molecular weight excluding hydrogens is 332 g/mol. The van der Waals surface area contributed by atoms with Crippen molar-refractivity contribution >= 4 is 17.2 Å². The smallest absolute Gasteiger partial charge is 0.187 e. The predicted molar refractivity (Wildman–Crippen MR) is 114 cm³/mol. The van der Waals surface area contributed by atoms with E-state index in [2.05, 4.69) is 21.9 Å². The van der Waals surface area contributed by atoms with Crippen LogP contribution >= 0.6 is 0 Å². The summed E-state index contributed by atoms with van der Waals surface area (Å²) in [4.78, 5) is 17.6. The van der Waals surface area contributed by atoms with Crippen molar-refractivity contribution in [3.05, 3.63) is 96.1 Å². The number of hydrogen-bond acceptors (Lipinski definition) is 3. The summed E-state index contributed by atoms with van der Waals surface area (Å²) in [6.45, 7) is 2.63. The van der Waals surface area contributed by atoms with Crippen LogP contribution in [0.15, 0.2) is 84.9 Å². The summed E-state index contributed by atoms with van der Waals surface area (Å²) in [6.07, 6.45) is 0. The zero-order valence-corrected chi connectivity index (χ0v) is 16.2. The number of anilines is 2. The maximum absolute atomic E-state index is 13.4. The number of likely N-dealkylation sites (N-methyl/N-ethyl adjacent to an activating group) is 2. The molecule has 27 heavy (non-hydrogen) atoms. The molecule has 0 spiro atoms. The minimum atomic E-state index is -0.291. The van der Waals surface area contributed by atoms with Crippen molar-refractivity contribution < 1.29 is 4.79 Å². The Labute approximate surface area is 161 Å². The summed E-state index contributed by atoms with van der Waals surface area (Å²) in [5.41, 5.74) is 4.03. The fraction of sp³-hybridized carbons (Fsp3) is 0.208. The number of para-hydroxylation sites is 2. The first-order chi connectivity index (χ1) is 13.1. The Bertz CT molecular complexity index is 860. The highest BCUT2D eigenvalue weighted by Gasteiger charge is 2.26. The van der Waals surface area contributed by atoms with Crippen molar-refractivity contribution in [2.24, 2.45) is 0 Å². The van der Waals surface area contributed by atoms with Gasteiger partial charge in [0.2, 0.25) is 0 Å². The van der Waals surface area contributed by atoms with Gasteiger partial charge >= 0.3 is 0 Å². The van der Waals surface area contributed by atoms with Crippen LogP contribution in [0.1, 0.15) is 15.9 Å². The van der Waals surface area contributed by atoms with Crippen molar-refractivity contribution in [3.8, 4) is 0 Å². The molecule has 0 amide bonds. The number of hydrogen-bond donors (Lipinski definition) is 0. The monoisotopic (exact) mass is 358 g/mol. The predicted octanol–water partition coefficient (Wildman–Crippen LogP) is 4.82. The van der Waals surface area contributed by atoms with E-state index >= 15 is 0 Å². The van der Waals surface area contributed by atoms with E-state index in [1.807, 2.05) is 93.8 Å². The summed E-state index contributed by atoms with van der Waals surface area (Å²) in [6, 6.07) is 27.8. The Hall–Kier alpha value is -3.07. The molecule has 0 radical (unpaired) electrons. The first-order valence-electron chi connectivity index (χ1n) is 9.21. The SMILES string of the molecule is Cc1ccc(C(=O)C(CN(C)c2ccccc2)N(C)c2ccccc2)cc1. The van der Waals surface area contributed by atoms with Gasteiger partial charge in [0.05, 0.1) is 0 Å². The zero-order valence-electron chi connectivity index (χ0n) is 16.2. The molecule has 1 unspecified atom stereocenters. The third kappa shape index (κ3) is 4.56. The lowest BCUT2D eigenvalue weighted by molar-refractivity contribution is 0.0962. The van der Waals surface area contributed by atoms with Crippen LogP contribution in [-0.4, -0.2) is 32.5 Å². The molecule has 3 nitrogen and oxygen atoms in total. The number of aryl methyl sites for hydroxylation is 1. The van der Waals surface area contributed by atoms with E-state index in [0.29, 0.717) is 6.54 Å². The van der Waals surface area contributed by atoms with E-state index in [4.69, 9.17) is 0 Å². The van der Waals surface area contributed by atoms with Crippen molar-refractivity contribution in [1.29, 1.82) is 0 Å². The molecule has 0 aliphatic heterocycles. The lowest BCUT2D eigenvalue weighted by Crippen LogP contribution is -2.46. The highest BCUT2D eigenvalue weighted by atomic mass is 16.1. The summed E-state index contributed by atoms with van der Waals surface area (Å²) in [7, 11) is 4.02. The minimum absolute atomic E-state index is 0.129. The molecule has 0 N–H and O–H groups in total. The Kier molecular flexibility index (Phi) is 5.92. The third-order valence-corrected chi connectivity index (χ3v) is 4.91. The maximum atomic E-state index is 13.4. The number of ketones is 1. The number of carbonyl (C=O) groups excluding carboxylic acids is 1. The van der Waals surface area contributed by atoms with Crippen LogP contribution in [-0.2, 0) is 0 Å². The van der Waals surface area contributed by atoms with Crippen molar-refractivity contribution in [2.75, 3.05) is 30.4 Å². The van der Waals surface area contributed by atoms with E-state index in [0.717, 1.165) is 22.5 Å². The van der Waals surface area contributed by atoms with Gasteiger partial charge in [0.15, 0.2) is 5.78 Å². The normalized spacial score (nSPS) is 11.7. The van der Waals surface area contributed by atoms with Crippen molar-refractivity contribution in [1.82, 2.24) is 0 Å². The van der Waals surface area contributed by atoms with Gasteiger partial charge in [-0.1, -0.05) is 66.2 Å². The van der Waals surface area contributed by atoms with Crippen LogP contribution in [0.2, 0.25) is 0 Å². The number of carbonyl (C=O) groups is 1. The lowest BCUT2D eigenvalue weighted by Gasteiger charge is -2.33. The average Bonchev–Trinajstić information content (AvgIpc) is 2.72. The first-order valence-corrected chi connectivity index (χ1v) is 9.21. The highest BCUT2D eigenvalue weighted by molar-refractivity contribution is 6.02. The summed E-state index contributed by atoms with van der Waals surface area (Å²) < 4.78 is 0. The minimum Gasteiger partial charge on any atom is -0.372 e. The van der Waals surface area contributed by atoms with Crippen LogP contribution in [0.3, 0.4) is 0 Å². The summed E-state index contributed by atoms with van der Waals surface area (Å²) in [5.74, 6) is 0.129. The number of benzene rings is 3. The fourth-order valence-corrected chi connectivity index (χ4v) is 3.18. The van der Waals surface area contributed by atoms with E-state index in [1.54, 1.807) is 0 Å². The van der Waals surface area contributed by atoms with Gasteiger partial charge in [-0.05, 0) is 31.2 Å². The lowest BCUT2D eigenvalue weighted by atomic mass is 10.0. The second-order valence-corrected chi connectivity index (χ2v) is 6.91. The summed E-state index contributed by atoms with van der Waals surface area (Å²) in [5, 5.41) is 0. The Morgan fingerprint density at radius 3 is 1.85 bits per heavy atom. The molecule has 0 aliphatic carbocycles. The van der Waals surface area contributed by atoms with E-state index in [-0.39, 0.29) is 11.8 Å². The molecule has 0 bridgehead atoms. The van der Waals surface area contributed by atoms with E-state index < -0.39 is 0 Å². The number of rotatable bonds is 7. The molecule has 1 atom stereocenters. The van der Waals surface area contributed by atoms with Crippen LogP contribution in [0.25, 0.3) is 0 Å². The second-order valence-electron chi connectivity index (χ2n) is 6.91. The molecule has 0 fully saturated rings. The van der Waals surface area contributed by atoms with Gasteiger partial charge in [0.1, 0.15) is 6.04 Å². The van der Waals surface area contributed by atoms with Gasteiger partial charge in [0.25, 0.3) is 0 Å². The molecule has 3 heteroatoms. The topological polar surface area (TPSA) is 23.6 Å². The van der Waals surface area contributed by atoms with Gasteiger partial charge < -0.3 is 9.80 Å². The van der Waals surface area contributed by atoms with Gasteiger partial charge in [-0.3, -0.25) is 4.79 Å². The molecular formula is C24H26N2O. The van der Waals surface area contributed by atoms with Crippen molar-refractivity contribution in [3.63, 3.8) is 0 Å². The third-order valence-electron chi connectivity index (χ3n) is 4.91.